The maximum absolute atomic E-state index is 11.5. The molecule has 0 aliphatic heterocycles. The molecule has 3 nitrogen and oxygen atoms in total. The van der Waals surface area contributed by atoms with E-state index in [0.29, 0.717) is 6.42 Å². The summed E-state index contributed by atoms with van der Waals surface area (Å²) in [5.41, 5.74) is 5.59. The van der Waals surface area contributed by atoms with E-state index in [1.54, 1.807) is 0 Å². The van der Waals surface area contributed by atoms with Crippen LogP contribution in [0.2, 0.25) is 0 Å². The summed E-state index contributed by atoms with van der Waals surface area (Å²) in [5, 5.41) is 0. The molecule has 3 heteroatoms. The molecule has 0 aromatic carbocycles. The molecule has 1 unspecified atom stereocenters. The maximum atomic E-state index is 11.5. The van der Waals surface area contributed by atoms with Crippen molar-refractivity contribution in [3.8, 4) is 0 Å². The molecule has 0 aliphatic rings. The molecule has 13 heavy (non-hydrogen) atoms. The second-order valence-corrected chi connectivity index (χ2v) is 3.49. The Morgan fingerprint density at radius 2 is 2.08 bits per heavy atom. The monoisotopic (exact) mass is 186 g/mol. The van der Waals surface area contributed by atoms with Gasteiger partial charge in [0.2, 0.25) is 5.91 Å². The molecule has 0 spiro atoms. The maximum Gasteiger partial charge on any atom is 0.222 e. The molecule has 1 amide bonds. The molecule has 78 valence electrons. The van der Waals surface area contributed by atoms with Crippen molar-refractivity contribution >= 4 is 5.91 Å². The second kappa shape index (κ2) is 6.89. The van der Waals surface area contributed by atoms with Gasteiger partial charge in [-0.3, -0.25) is 4.79 Å². The van der Waals surface area contributed by atoms with Crippen molar-refractivity contribution < 1.29 is 4.79 Å². The summed E-state index contributed by atoms with van der Waals surface area (Å²) in [4.78, 5) is 13.4. The van der Waals surface area contributed by atoms with Crippen LogP contribution in [0.5, 0.6) is 0 Å². The number of nitrogens with zero attached hydrogens (tertiary/aromatic N) is 1. The average Bonchev–Trinajstić information content (AvgIpc) is 2.10. The molecule has 0 aromatic rings. The molecule has 0 heterocycles. The van der Waals surface area contributed by atoms with E-state index in [4.69, 9.17) is 5.73 Å². The fourth-order valence-corrected chi connectivity index (χ4v) is 1.24. The molecule has 0 saturated carbocycles. The molecule has 0 saturated heterocycles. The zero-order valence-corrected chi connectivity index (χ0v) is 9.05. The number of hydrogen-bond donors (Lipinski definition) is 1. The molecule has 2 N–H and O–H groups in total. The zero-order chi connectivity index (χ0) is 10.3. The summed E-state index contributed by atoms with van der Waals surface area (Å²) < 4.78 is 0. The topological polar surface area (TPSA) is 46.3 Å². The molecule has 0 aromatic heterocycles. The van der Waals surface area contributed by atoms with Crippen molar-refractivity contribution in [2.24, 2.45) is 5.73 Å². The van der Waals surface area contributed by atoms with E-state index in [9.17, 15) is 4.79 Å². The van der Waals surface area contributed by atoms with Crippen LogP contribution >= 0.6 is 0 Å². The van der Waals surface area contributed by atoms with Crippen LogP contribution < -0.4 is 5.73 Å². The minimum Gasteiger partial charge on any atom is -0.343 e. The summed E-state index contributed by atoms with van der Waals surface area (Å²) >= 11 is 0. The normalized spacial score (nSPS) is 12.6. The fraction of sp³-hybridized carbons (Fsp3) is 0.900. The number of carbonyl (C=O) groups is 1. The van der Waals surface area contributed by atoms with Gasteiger partial charge in [0.05, 0.1) is 0 Å². The third-order valence-corrected chi connectivity index (χ3v) is 2.04. The first-order valence-electron chi connectivity index (χ1n) is 5.15. The summed E-state index contributed by atoms with van der Waals surface area (Å²) in [6.07, 6.45) is 2.41. The first-order valence-corrected chi connectivity index (χ1v) is 5.15. The Hall–Kier alpha value is -0.570. The van der Waals surface area contributed by atoms with Crippen LogP contribution in [0.4, 0.5) is 0 Å². The first kappa shape index (κ1) is 12.4. The Morgan fingerprint density at radius 1 is 1.46 bits per heavy atom. The van der Waals surface area contributed by atoms with E-state index < -0.39 is 0 Å². The van der Waals surface area contributed by atoms with Crippen LogP contribution in [0.25, 0.3) is 0 Å². The molecule has 0 aliphatic carbocycles. The Balaban J connectivity index is 3.77. The molecule has 1 atom stereocenters. The number of rotatable bonds is 6. The third-order valence-electron chi connectivity index (χ3n) is 2.04. The van der Waals surface area contributed by atoms with Gasteiger partial charge >= 0.3 is 0 Å². The Kier molecular flexibility index (Phi) is 6.59. The van der Waals surface area contributed by atoms with E-state index in [2.05, 4.69) is 6.92 Å². The third kappa shape index (κ3) is 5.64. The smallest absolute Gasteiger partial charge is 0.222 e. The molecule has 0 rings (SSSR count). The molecule has 0 radical (unpaired) electrons. The van der Waals surface area contributed by atoms with Crippen molar-refractivity contribution in [3.05, 3.63) is 0 Å². The number of carbonyl (C=O) groups excluding carboxylic acids is 1. The Morgan fingerprint density at radius 3 is 2.46 bits per heavy atom. The quantitative estimate of drug-likeness (QED) is 0.681. The molecule has 0 bridgehead atoms. The highest BCUT2D eigenvalue weighted by molar-refractivity contribution is 5.76. The lowest BCUT2D eigenvalue weighted by atomic mass is 10.2. The number of amides is 1. The van der Waals surface area contributed by atoms with Gasteiger partial charge < -0.3 is 10.6 Å². The van der Waals surface area contributed by atoms with E-state index in [1.807, 2.05) is 18.7 Å². The average molecular weight is 186 g/mol. The summed E-state index contributed by atoms with van der Waals surface area (Å²) in [5.74, 6) is 0.238. The van der Waals surface area contributed by atoms with Crippen molar-refractivity contribution in [2.75, 3.05) is 13.1 Å². The Labute approximate surface area is 81.3 Å². The summed E-state index contributed by atoms with van der Waals surface area (Å²) in [7, 11) is 0. The molecular formula is C10H22N2O. The van der Waals surface area contributed by atoms with Gasteiger partial charge in [-0.15, -0.1) is 0 Å². The first-order chi connectivity index (χ1) is 6.11. The highest BCUT2D eigenvalue weighted by Crippen LogP contribution is 2.00. The van der Waals surface area contributed by atoms with Gasteiger partial charge in [-0.1, -0.05) is 6.92 Å². The van der Waals surface area contributed by atoms with E-state index >= 15 is 0 Å². The zero-order valence-electron chi connectivity index (χ0n) is 9.05. The van der Waals surface area contributed by atoms with Gasteiger partial charge in [-0.2, -0.15) is 0 Å². The molecule has 0 fully saturated rings. The fourth-order valence-electron chi connectivity index (χ4n) is 1.24. The van der Waals surface area contributed by atoms with Crippen LogP contribution in [-0.4, -0.2) is 29.9 Å². The Bertz CT molecular complexity index is 146. The van der Waals surface area contributed by atoms with Crippen LogP contribution in [0.3, 0.4) is 0 Å². The van der Waals surface area contributed by atoms with Crippen LogP contribution in [0.15, 0.2) is 0 Å². The van der Waals surface area contributed by atoms with Crippen molar-refractivity contribution in [2.45, 2.75) is 46.1 Å². The van der Waals surface area contributed by atoms with Gasteiger partial charge in [0.25, 0.3) is 0 Å². The lowest BCUT2D eigenvalue weighted by molar-refractivity contribution is -0.131. The SMILES string of the molecule is CCCN(CC)C(=O)CCC(C)N. The largest absolute Gasteiger partial charge is 0.343 e. The van der Waals surface area contributed by atoms with Gasteiger partial charge in [0.1, 0.15) is 0 Å². The van der Waals surface area contributed by atoms with Gasteiger partial charge in [-0.25, -0.2) is 0 Å². The standard InChI is InChI=1S/C10H22N2O/c1-4-8-12(5-2)10(13)7-6-9(3)11/h9H,4-8,11H2,1-3H3. The van der Waals surface area contributed by atoms with Gasteiger partial charge in [0, 0.05) is 25.6 Å². The van der Waals surface area contributed by atoms with Crippen LogP contribution in [0.1, 0.15) is 40.0 Å². The minimum absolute atomic E-state index is 0.129. The lowest BCUT2D eigenvalue weighted by Crippen LogP contribution is -2.32. The number of nitrogens with two attached hydrogens (primary N) is 1. The minimum atomic E-state index is 0.129. The van der Waals surface area contributed by atoms with Crippen LogP contribution in [-0.2, 0) is 4.79 Å². The van der Waals surface area contributed by atoms with Crippen LogP contribution in [0, 0.1) is 0 Å². The van der Waals surface area contributed by atoms with Crippen molar-refractivity contribution in [1.29, 1.82) is 0 Å². The summed E-state index contributed by atoms with van der Waals surface area (Å²) in [6.45, 7) is 7.71. The van der Waals surface area contributed by atoms with Crippen molar-refractivity contribution in [1.82, 2.24) is 4.90 Å². The van der Waals surface area contributed by atoms with E-state index in [0.717, 1.165) is 25.9 Å². The van der Waals surface area contributed by atoms with Gasteiger partial charge in [0.15, 0.2) is 0 Å². The van der Waals surface area contributed by atoms with Gasteiger partial charge in [-0.05, 0) is 26.7 Å². The van der Waals surface area contributed by atoms with E-state index in [-0.39, 0.29) is 11.9 Å². The lowest BCUT2D eigenvalue weighted by Gasteiger charge is -2.20. The molecular weight excluding hydrogens is 164 g/mol. The highest BCUT2D eigenvalue weighted by Gasteiger charge is 2.10. The summed E-state index contributed by atoms with van der Waals surface area (Å²) in [6, 6.07) is 0.129. The highest BCUT2D eigenvalue weighted by atomic mass is 16.2. The van der Waals surface area contributed by atoms with Crippen molar-refractivity contribution in [3.63, 3.8) is 0 Å². The number of hydrogen-bond acceptors (Lipinski definition) is 2. The second-order valence-electron chi connectivity index (χ2n) is 3.49. The predicted octanol–water partition coefficient (Wildman–Crippen LogP) is 1.37. The van der Waals surface area contributed by atoms with E-state index in [1.165, 1.54) is 0 Å². The predicted molar refractivity (Wildman–Crippen MR) is 55.4 cm³/mol.